The second kappa shape index (κ2) is 6.81. The van der Waals surface area contributed by atoms with E-state index in [0.717, 1.165) is 30.7 Å². The van der Waals surface area contributed by atoms with E-state index in [-0.39, 0.29) is 17.6 Å². The van der Waals surface area contributed by atoms with Gasteiger partial charge in [-0.15, -0.1) is 0 Å². The van der Waals surface area contributed by atoms with Gasteiger partial charge in [-0.25, -0.2) is 4.79 Å². The zero-order chi connectivity index (χ0) is 17.2. The van der Waals surface area contributed by atoms with E-state index in [4.69, 9.17) is 9.47 Å². The number of ether oxygens (including phenoxy) is 2. The van der Waals surface area contributed by atoms with Gasteiger partial charge in [-0.2, -0.15) is 0 Å². The lowest BCUT2D eigenvalue weighted by Crippen LogP contribution is -2.56. The molecule has 128 valence electrons. The number of benzene rings is 1. The molecule has 4 heteroatoms. The van der Waals surface area contributed by atoms with Crippen molar-refractivity contribution in [2.24, 2.45) is 0 Å². The smallest absolute Gasteiger partial charge is 0.328 e. The third-order valence-corrected chi connectivity index (χ3v) is 4.83. The zero-order valence-corrected chi connectivity index (χ0v) is 15.2. The standard InChI is InChI=1S/C19H29NO3/c1-7-8-16(18(21)23-6)20-17-11-14(22-5)9-10-15(17)13(2)12-19(20,3)4/h9-11,13,16H,7-8,12H2,1-6H3/t13-,16-/m1/s1. The minimum absolute atomic E-state index is 0.118. The van der Waals surface area contributed by atoms with Gasteiger partial charge in [0.25, 0.3) is 0 Å². The van der Waals surface area contributed by atoms with Gasteiger partial charge < -0.3 is 14.4 Å². The van der Waals surface area contributed by atoms with E-state index < -0.39 is 0 Å². The van der Waals surface area contributed by atoms with Crippen molar-refractivity contribution in [1.29, 1.82) is 0 Å². The van der Waals surface area contributed by atoms with Crippen LogP contribution in [-0.2, 0) is 9.53 Å². The van der Waals surface area contributed by atoms with Gasteiger partial charge in [-0.1, -0.05) is 26.3 Å². The second-order valence-electron chi connectivity index (χ2n) is 7.04. The summed E-state index contributed by atoms with van der Waals surface area (Å²) in [5.41, 5.74) is 2.25. The number of carbonyl (C=O) groups is 1. The van der Waals surface area contributed by atoms with Crippen LogP contribution in [0.25, 0.3) is 0 Å². The highest BCUT2D eigenvalue weighted by atomic mass is 16.5. The maximum absolute atomic E-state index is 12.4. The molecule has 0 spiro atoms. The van der Waals surface area contributed by atoms with Gasteiger partial charge in [-0.3, -0.25) is 0 Å². The summed E-state index contributed by atoms with van der Waals surface area (Å²) in [5, 5.41) is 0. The van der Waals surface area contributed by atoms with Crippen molar-refractivity contribution in [3.8, 4) is 5.75 Å². The van der Waals surface area contributed by atoms with Gasteiger partial charge in [0.2, 0.25) is 0 Å². The highest BCUT2D eigenvalue weighted by molar-refractivity contribution is 5.82. The average molecular weight is 319 g/mol. The van der Waals surface area contributed by atoms with E-state index in [1.807, 2.05) is 6.07 Å². The molecule has 1 aromatic carbocycles. The molecule has 1 heterocycles. The van der Waals surface area contributed by atoms with Crippen molar-refractivity contribution in [2.75, 3.05) is 19.1 Å². The molecule has 0 aliphatic carbocycles. The first-order valence-electron chi connectivity index (χ1n) is 8.40. The SMILES string of the molecule is CCC[C@H](C(=O)OC)N1c2cc(OC)ccc2[C@H](C)CC1(C)C. The predicted molar refractivity (Wildman–Crippen MR) is 93.3 cm³/mol. The predicted octanol–water partition coefficient (Wildman–Crippen LogP) is 4.13. The monoisotopic (exact) mass is 319 g/mol. The van der Waals surface area contributed by atoms with Crippen molar-refractivity contribution < 1.29 is 14.3 Å². The fourth-order valence-corrected chi connectivity index (χ4v) is 3.91. The summed E-state index contributed by atoms with van der Waals surface area (Å²) in [6.45, 7) is 8.76. The largest absolute Gasteiger partial charge is 0.497 e. The topological polar surface area (TPSA) is 38.8 Å². The number of fused-ring (bicyclic) bond motifs is 1. The Bertz CT molecular complexity index is 568. The Morgan fingerprint density at radius 2 is 2.09 bits per heavy atom. The van der Waals surface area contributed by atoms with E-state index in [1.54, 1.807) is 7.11 Å². The van der Waals surface area contributed by atoms with Crippen LogP contribution in [0.1, 0.15) is 58.4 Å². The summed E-state index contributed by atoms with van der Waals surface area (Å²) in [7, 11) is 3.14. The molecule has 0 amide bonds. The first kappa shape index (κ1) is 17.6. The van der Waals surface area contributed by atoms with Crippen LogP contribution < -0.4 is 9.64 Å². The molecule has 1 aliphatic rings. The highest BCUT2D eigenvalue weighted by Crippen LogP contribution is 2.46. The first-order valence-corrected chi connectivity index (χ1v) is 8.40. The Balaban J connectivity index is 2.59. The molecule has 1 aliphatic heterocycles. The fraction of sp³-hybridized carbons (Fsp3) is 0.632. The van der Waals surface area contributed by atoms with Gasteiger partial charge in [0, 0.05) is 17.3 Å². The lowest BCUT2D eigenvalue weighted by molar-refractivity contribution is -0.142. The van der Waals surface area contributed by atoms with E-state index in [0.29, 0.717) is 5.92 Å². The summed E-state index contributed by atoms with van der Waals surface area (Å²) in [5.74, 6) is 1.10. The van der Waals surface area contributed by atoms with Crippen LogP contribution in [-0.4, -0.2) is 31.8 Å². The van der Waals surface area contributed by atoms with Crippen LogP contribution in [0.2, 0.25) is 0 Å². The van der Waals surface area contributed by atoms with Crippen LogP contribution in [0.4, 0.5) is 5.69 Å². The number of hydrogen-bond acceptors (Lipinski definition) is 4. The minimum Gasteiger partial charge on any atom is -0.497 e. The van der Waals surface area contributed by atoms with E-state index in [9.17, 15) is 4.79 Å². The number of anilines is 1. The molecule has 0 saturated heterocycles. The summed E-state index contributed by atoms with van der Waals surface area (Å²) in [4.78, 5) is 14.7. The highest BCUT2D eigenvalue weighted by Gasteiger charge is 2.42. The van der Waals surface area contributed by atoms with Crippen LogP contribution in [0, 0.1) is 0 Å². The zero-order valence-electron chi connectivity index (χ0n) is 15.2. The fourth-order valence-electron chi connectivity index (χ4n) is 3.91. The number of hydrogen-bond donors (Lipinski definition) is 0. The van der Waals surface area contributed by atoms with Gasteiger partial charge in [-0.05, 0) is 44.2 Å². The van der Waals surface area contributed by atoms with Gasteiger partial charge >= 0.3 is 5.97 Å². The lowest BCUT2D eigenvalue weighted by atomic mass is 9.78. The quantitative estimate of drug-likeness (QED) is 0.765. The van der Waals surface area contributed by atoms with Crippen molar-refractivity contribution in [1.82, 2.24) is 0 Å². The summed E-state index contributed by atoms with van der Waals surface area (Å²) >= 11 is 0. The summed E-state index contributed by atoms with van der Waals surface area (Å²) < 4.78 is 10.5. The minimum atomic E-state index is -0.265. The number of methoxy groups -OCH3 is 2. The molecular formula is C19H29NO3. The Morgan fingerprint density at radius 1 is 1.39 bits per heavy atom. The van der Waals surface area contributed by atoms with Crippen LogP contribution >= 0.6 is 0 Å². The Hall–Kier alpha value is -1.71. The molecule has 23 heavy (non-hydrogen) atoms. The van der Waals surface area contributed by atoms with Crippen molar-refractivity contribution in [2.45, 2.75) is 64.5 Å². The molecule has 1 aromatic rings. The van der Waals surface area contributed by atoms with Crippen molar-refractivity contribution in [3.05, 3.63) is 23.8 Å². The van der Waals surface area contributed by atoms with Gasteiger partial charge in [0.05, 0.1) is 14.2 Å². The van der Waals surface area contributed by atoms with Crippen LogP contribution in [0.15, 0.2) is 18.2 Å². The molecule has 2 rings (SSSR count). The lowest BCUT2D eigenvalue weighted by Gasteiger charge is -2.50. The van der Waals surface area contributed by atoms with E-state index >= 15 is 0 Å². The average Bonchev–Trinajstić information content (AvgIpc) is 2.51. The third-order valence-electron chi connectivity index (χ3n) is 4.83. The Labute approximate surface area is 139 Å². The first-order chi connectivity index (χ1) is 10.9. The molecule has 0 fully saturated rings. The number of esters is 1. The molecule has 2 atom stereocenters. The van der Waals surface area contributed by atoms with E-state index in [1.165, 1.54) is 12.7 Å². The molecule has 0 radical (unpaired) electrons. The Morgan fingerprint density at radius 3 is 2.65 bits per heavy atom. The summed E-state index contributed by atoms with van der Waals surface area (Å²) in [6.07, 6.45) is 2.71. The van der Waals surface area contributed by atoms with Crippen LogP contribution in [0.5, 0.6) is 5.75 Å². The maximum Gasteiger partial charge on any atom is 0.328 e. The normalized spacial score (nSPS) is 20.6. The van der Waals surface area contributed by atoms with Gasteiger partial charge in [0.15, 0.2) is 0 Å². The molecule has 0 bridgehead atoms. The molecular weight excluding hydrogens is 290 g/mol. The number of carbonyl (C=O) groups excluding carboxylic acids is 1. The molecule has 0 unspecified atom stereocenters. The summed E-state index contributed by atoms with van der Waals surface area (Å²) in [6, 6.07) is 5.91. The van der Waals surface area contributed by atoms with Crippen molar-refractivity contribution >= 4 is 11.7 Å². The van der Waals surface area contributed by atoms with E-state index in [2.05, 4.69) is 44.7 Å². The van der Waals surface area contributed by atoms with Gasteiger partial charge in [0.1, 0.15) is 11.8 Å². The number of nitrogens with zero attached hydrogens (tertiary/aromatic N) is 1. The van der Waals surface area contributed by atoms with Crippen molar-refractivity contribution in [3.63, 3.8) is 0 Å². The Kier molecular flexibility index (Phi) is 5.23. The number of rotatable bonds is 5. The molecule has 0 N–H and O–H groups in total. The molecule has 0 aromatic heterocycles. The maximum atomic E-state index is 12.4. The third kappa shape index (κ3) is 3.31. The molecule has 0 saturated carbocycles. The molecule has 4 nitrogen and oxygen atoms in total. The van der Waals surface area contributed by atoms with Crippen LogP contribution in [0.3, 0.4) is 0 Å². The second-order valence-corrected chi connectivity index (χ2v) is 7.04.